The van der Waals surface area contributed by atoms with Crippen LogP contribution < -0.4 is 10.6 Å². The summed E-state index contributed by atoms with van der Waals surface area (Å²) in [6, 6.07) is 8.01. The van der Waals surface area contributed by atoms with Crippen LogP contribution in [0.5, 0.6) is 0 Å². The molecule has 90 valence electrons. The summed E-state index contributed by atoms with van der Waals surface area (Å²) in [7, 11) is 0. The molecule has 0 saturated carbocycles. The second kappa shape index (κ2) is 6.77. The Bertz CT molecular complexity index is 428. The van der Waals surface area contributed by atoms with E-state index in [9.17, 15) is 4.79 Å². The number of halogens is 1. The quantitative estimate of drug-likeness (QED) is 0.863. The fraction of sp³-hybridized carbons (Fsp3) is 0.333. The van der Waals surface area contributed by atoms with E-state index in [1.165, 1.54) is 0 Å². The lowest BCUT2D eigenvalue weighted by atomic mass is 10.2. The summed E-state index contributed by atoms with van der Waals surface area (Å²) in [6.45, 7) is 1.96. The van der Waals surface area contributed by atoms with Crippen LogP contribution in [0.2, 0.25) is 5.02 Å². The van der Waals surface area contributed by atoms with Gasteiger partial charge in [0.2, 0.25) is 0 Å². The average Bonchev–Trinajstić information content (AvgIpc) is 2.28. The number of nitriles is 1. The van der Waals surface area contributed by atoms with Gasteiger partial charge in [-0.1, -0.05) is 31.0 Å². The van der Waals surface area contributed by atoms with Crippen molar-refractivity contribution >= 4 is 23.3 Å². The van der Waals surface area contributed by atoms with Crippen molar-refractivity contribution in [1.82, 2.24) is 5.32 Å². The van der Waals surface area contributed by atoms with Crippen LogP contribution in [-0.4, -0.2) is 12.1 Å². The maximum absolute atomic E-state index is 11.6. The minimum absolute atomic E-state index is 0.396. The summed E-state index contributed by atoms with van der Waals surface area (Å²) in [4.78, 5) is 11.6. The summed E-state index contributed by atoms with van der Waals surface area (Å²) >= 11 is 5.79. The zero-order valence-electron chi connectivity index (χ0n) is 9.53. The third-order valence-electron chi connectivity index (χ3n) is 2.12. The molecule has 5 heteroatoms. The third kappa shape index (κ3) is 4.75. The van der Waals surface area contributed by atoms with E-state index in [0.717, 1.165) is 6.42 Å². The molecule has 1 atom stereocenters. The minimum atomic E-state index is -0.459. The van der Waals surface area contributed by atoms with Crippen molar-refractivity contribution in [2.45, 2.75) is 25.8 Å². The fourth-order valence-corrected chi connectivity index (χ4v) is 1.54. The highest BCUT2D eigenvalue weighted by Crippen LogP contribution is 2.14. The molecule has 0 radical (unpaired) electrons. The van der Waals surface area contributed by atoms with Crippen molar-refractivity contribution in [3.05, 3.63) is 29.3 Å². The van der Waals surface area contributed by atoms with Crippen molar-refractivity contribution in [2.24, 2.45) is 0 Å². The number of nitrogens with zero attached hydrogens (tertiary/aromatic N) is 1. The number of rotatable bonds is 4. The van der Waals surface area contributed by atoms with Gasteiger partial charge in [-0.05, 0) is 24.6 Å². The van der Waals surface area contributed by atoms with E-state index in [4.69, 9.17) is 16.9 Å². The Balaban J connectivity index is 2.52. The van der Waals surface area contributed by atoms with Crippen LogP contribution in [0.3, 0.4) is 0 Å². The number of nitrogens with one attached hydrogen (secondary N) is 2. The molecular formula is C12H14ClN3O. The Morgan fingerprint density at radius 2 is 2.35 bits per heavy atom. The van der Waals surface area contributed by atoms with Gasteiger partial charge in [0.15, 0.2) is 0 Å². The van der Waals surface area contributed by atoms with Gasteiger partial charge in [-0.25, -0.2) is 4.79 Å². The van der Waals surface area contributed by atoms with Crippen LogP contribution in [-0.2, 0) is 0 Å². The number of carbonyl (C=O) groups is 1. The molecule has 0 aliphatic rings. The minimum Gasteiger partial charge on any atom is -0.322 e. The standard InChI is InChI=1S/C12H14ClN3O/c1-2-4-11(8-14)16-12(17)15-10-6-3-5-9(13)7-10/h3,5-7,11H,2,4H2,1H3,(H2,15,16,17). The van der Waals surface area contributed by atoms with Gasteiger partial charge < -0.3 is 10.6 Å². The van der Waals surface area contributed by atoms with Crippen LogP contribution in [0.1, 0.15) is 19.8 Å². The van der Waals surface area contributed by atoms with Crippen LogP contribution in [0.4, 0.5) is 10.5 Å². The summed E-state index contributed by atoms with van der Waals surface area (Å²) in [6.07, 6.45) is 1.48. The summed E-state index contributed by atoms with van der Waals surface area (Å²) in [5, 5.41) is 14.6. The summed E-state index contributed by atoms with van der Waals surface area (Å²) in [5.74, 6) is 0. The maximum Gasteiger partial charge on any atom is 0.320 e. The molecule has 17 heavy (non-hydrogen) atoms. The second-order valence-electron chi connectivity index (χ2n) is 3.58. The van der Waals surface area contributed by atoms with Crippen molar-refractivity contribution in [1.29, 1.82) is 5.26 Å². The number of hydrogen-bond donors (Lipinski definition) is 2. The first-order valence-electron chi connectivity index (χ1n) is 5.38. The lowest BCUT2D eigenvalue weighted by molar-refractivity contribution is 0.250. The van der Waals surface area contributed by atoms with Crippen molar-refractivity contribution in [3.8, 4) is 6.07 Å². The van der Waals surface area contributed by atoms with Crippen molar-refractivity contribution in [2.75, 3.05) is 5.32 Å². The first-order chi connectivity index (χ1) is 8.15. The smallest absolute Gasteiger partial charge is 0.320 e. The van der Waals surface area contributed by atoms with Gasteiger partial charge in [0.25, 0.3) is 0 Å². The third-order valence-corrected chi connectivity index (χ3v) is 2.36. The number of hydrogen-bond acceptors (Lipinski definition) is 2. The molecule has 0 bridgehead atoms. The van der Waals surface area contributed by atoms with Crippen LogP contribution in [0.15, 0.2) is 24.3 Å². The largest absolute Gasteiger partial charge is 0.322 e. The van der Waals surface area contributed by atoms with E-state index in [0.29, 0.717) is 17.1 Å². The molecule has 0 aliphatic heterocycles. The Hall–Kier alpha value is -1.73. The van der Waals surface area contributed by atoms with Gasteiger partial charge >= 0.3 is 6.03 Å². The molecule has 0 fully saturated rings. The molecule has 0 spiro atoms. The maximum atomic E-state index is 11.6. The highest BCUT2D eigenvalue weighted by Gasteiger charge is 2.09. The molecule has 1 unspecified atom stereocenters. The van der Waals surface area contributed by atoms with E-state index in [1.54, 1.807) is 24.3 Å². The first-order valence-corrected chi connectivity index (χ1v) is 5.76. The SMILES string of the molecule is CCCC(C#N)NC(=O)Nc1cccc(Cl)c1. The molecule has 2 amide bonds. The molecule has 2 N–H and O–H groups in total. The van der Waals surface area contributed by atoms with E-state index in [2.05, 4.69) is 10.6 Å². The second-order valence-corrected chi connectivity index (χ2v) is 4.02. The van der Waals surface area contributed by atoms with E-state index < -0.39 is 12.1 Å². The highest BCUT2D eigenvalue weighted by molar-refractivity contribution is 6.30. The van der Waals surface area contributed by atoms with Gasteiger partial charge in [0.1, 0.15) is 6.04 Å². The average molecular weight is 252 g/mol. The summed E-state index contributed by atoms with van der Waals surface area (Å²) < 4.78 is 0. The molecule has 0 aliphatic carbocycles. The van der Waals surface area contributed by atoms with Gasteiger partial charge in [-0.2, -0.15) is 5.26 Å². The van der Waals surface area contributed by atoms with Crippen LogP contribution >= 0.6 is 11.6 Å². The molecule has 0 aromatic heterocycles. The Morgan fingerprint density at radius 1 is 1.59 bits per heavy atom. The number of anilines is 1. The zero-order chi connectivity index (χ0) is 12.7. The molecule has 1 aromatic carbocycles. The van der Waals surface area contributed by atoms with Gasteiger partial charge in [-0.3, -0.25) is 0 Å². The summed E-state index contributed by atoms with van der Waals surface area (Å²) in [5.41, 5.74) is 0.600. The molecule has 4 nitrogen and oxygen atoms in total. The topological polar surface area (TPSA) is 64.9 Å². The first kappa shape index (κ1) is 13.3. The predicted octanol–water partition coefficient (Wildman–Crippen LogP) is 3.15. The number of carbonyl (C=O) groups excluding carboxylic acids is 1. The Kier molecular flexibility index (Phi) is 5.31. The Labute approximate surface area is 106 Å². The number of urea groups is 1. The van der Waals surface area contributed by atoms with E-state index in [1.807, 2.05) is 13.0 Å². The normalized spacial score (nSPS) is 11.4. The van der Waals surface area contributed by atoms with Crippen LogP contribution in [0, 0.1) is 11.3 Å². The lowest BCUT2D eigenvalue weighted by Crippen LogP contribution is -2.36. The van der Waals surface area contributed by atoms with Gasteiger partial charge in [-0.15, -0.1) is 0 Å². The molecule has 1 aromatic rings. The zero-order valence-corrected chi connectivity index (χ0v) is 10.3. The van der Waals surface area contributed by atoms with Crippen molar-refractivity contribution in [3.63, 3.8) is 0 Å². The number of benzene rings is 1. The fourth-order valence-electron chi connectivity index (χ4n) is 1.35. The van der Waals surface area contributed by atoms with E-state index >= 15 is 0 Å². The van der Waals surface area contributed by atoms with E-state index in [-0.39, 0.29) is 0 Å². The van der Waals surface area contributed by atoms with Gasteiger partial charge in [0, 0.05) is 10.7 Å². The predicted molar refractivity (Wildman–Crippen MR) is 67.9 cm³/mol. The molecule has 0 heterocycles. The molecule has 0 saturated heterocycles. The van der Waals surface area contributed by atoms with Crippen molar-refractivity contribution < 1.29 is 4.79 Å². The Morgan fingerprint density at radius 3 is 2.94 bits per heavy atom. The van der Waals surface area contributed by atoms with Gasteiger partial charge in [0.05, 0.1) is 6.07 Å². The highest BCUT2D eigenvalue weighted by atomic mass is 35.5. The monoisotopic (exact) mass is 251 g/mol. The van der Waals surface area contributed by atoms with Crippen LogP contribution in [0.25, 0.3) is 0 Å². The molecular weight excluding hydrogens is 238 g/mol. The number of amides is 2. The molecule has 1 rings (SSSR count). The lowest BCUT2D eigenvalue weighted by Gasteiger charge is -2.11.